The van der Waals surface area contributed by atoms with Crippen LogP contribution in [-0.4, -0.2) is 100 Å². The largest absolute Gasteiger partial charge is 0.465 e. The fourth-order valence-electron chi connectivity index (χ4n) is 10.3. The molecule has 4 saturated carbocycles. The first-order valence-corrected chi connectivity index (χ1v) is 26.2. The van der Waals surface area contributed by atoms with Crippen LogP contribution in [-0.2, 0) is 57.2 Å². The zero-order valence-electron chi connectivity index (χ0n) is 42.2. The third-order valence-corrected chi connectivity index (χ3v) is 15.8. The van der Waals surface area contributed by atoms with Crippen LogP contribution < -0.4 is 0 Å². The van der Waals surface area contributed by atoms with E-state index in [0.29, 0.717) is 36.8 Å². The fraction of sp³-hybridized carbons (Fsp3) is 0.887. The van der Waals surface area contributed by atoms with Crippen molar-refractivity contribution in [3.8, 4) is 0 Å². The lowest BCUT2D eigenvalue weighted by molar-refractivity contribution is -0.167. The zero-order valence-corrected chi connectivity index (χ0v) is 42.2. The Morgan fingerprint density at radius 1 is 0.379 bits per heavy atom. The van der Waals surface area contributed by atoms with Crippen LogP contribution in [0.25, 0.3) is 0 Å². The summed E-state index contributed by atoms with van der Waals surface area (Å²) in [5, 5.41) is 0. The smallest absolute Gasteiger partial charge is 0.308 e. The van der Waals surface area contributed by atoms with Crippen LogP contribution in [0.2, 0.25) is 0 Å². The van der Waals surface area contributed by atoms with Crippen molar-refractivity contribution in [2.75, 3.05) is 59.8 Å². The Morgan fingerprint density at radius 3 is 0.803 bits per heavy atom. The molecule has 0 aliphatic heterocycles. The van der Waals surface area contributed by atoms with E-state index in [1.165, 1.54) is 0 Å². The molecule has 4 aliphatic rings. The molecule has 0 aromatic rings. The summed E-state index contributed by atoms with van der Waals surface area (Å²) >= 11 is 0. The van der Waals surface area contributed by atoms with Crippen molar-refractivity contribution in [2.24, 2.45) is 58.2 Å². The van der Waals surface area contributed by atoms with Crippen molar-refractivity contribution in [3.63, 3.8) is 0 Å². The highest BCUT2D eigenvalue weighted by Crippen LogP contribution is 2.36. The minimum absolute atomic E-state index is 0.0332. The van der Waals surface area contributed by atoms with Crippen molar-refractivity contribution >= 4 is 35.8 Å². The van der Waals surface area contributed by atoms with Gasteiger partial charge in [-0.3, -0.25) is 28.8 Å². The highest BCUT2D eigenvalue weighted by Gasteiger charge is 2.37. The van der Waals surface area contributed by atoms with E-state index in [-0.39, 0.29) is 100 Å². The molecule has 0 bridgehead atoms. The van der Waals surface area contributed by atoms with Gasteiger partial charge in [-0.15, -0.1) is 0 Å². The summed E-state index contributed by atoms with van der Waals surface area (Å²) in [6.45, 7) is 12.7. The maximum absolute atomic E-state index is 13.1. The molecule has 0 heterocycles. The Labute approximate surface area is 397 Å². The van der Waals surface area contributed by atoms with Crippen molar-refractivity contribution in [1.29, 1.82) is 0 Å². The van der Waals surface area contributed by atoms with E-state index in [4.69, 9.17) is 28.4 Å². The number of rotatable bonds is 26. The van der Waals surface area contributed by atoms with Crippen molar-refractivity contribution in [3.05, 3.63) is 0 Å². The van der Waals surface area contributed by atoms with Crippen LogP contribution in [0.15, 0.2) is 0 Å². The Hall–Kier alpha value is -3.22. The predicted octanol–water partition coefficient (Wildman–Crippen LogP) is 9.84. The molecule has 0 saturated heterocycles. The van der Waals surface area contributed by atoms with Gasteiger partial charge in [-0.2, -0.15) is 0 Å². The van der Waals surface area contributed by atoms with Crippen molar-refractivity contribution < 1.29 is 57.2 Å². The van der Waals surface area contributed by atoms with Gasteiger partial charge < -0.3 is 33.3 Å². The molecule has 378 valence electrons. The minimum Gasteiger partial charge on any atom is -0.465 e. The first-order valence-electron chi connectivity index (χ1n) is 26.2. The summed E-state index contributed by atoms with van der Waals surface area (Å²) in [6, 6.07) is 0. The van der Waals surface area contributed by atoms with Crippen LogP contribution >= 0.6 is 0 Å². The van der Waals surface area contributed by atoms with Gasteiger partial charge in [0, 0.05) is 13.1 Å². The monoisotopic (exact) mass is 932 g/mol. The van der Waals surface area contributed by atoms with Gasteiger partial charge in [-0.1, -0.05) is 53.4 Å². The molecule has 0 aromatic heterocycles. The van der Waals surface area contributed by atoms with E-state index < -0.39 is 22.8 Å². The summed E-state index contributed by atoms with van der Waals surface area (Å²) in [6.07, 6.45) is 19.0. The molecule has 4 rings (SSSR count). The zero-order chi connectivity index (χ0) is 48.1. The molecule has 66 heavy (non-hydrogen) atoms. The molecule has 0 spiro atoms. The lowest BCUT2D eigenvalue weighted by Crippen LogP contribution is -2.39. The Bertz CT molecular complexity index is 1310. The molecule has 13 nitrogen and oxygen atoms in total. The van der Waals surface area contributed by atoms with E-state index in [1.54, 1.807) is 7.05 Å². The number of esters is 6. The molecule has 0 aromatic carbocycles. The van der Waals surface area contributed by atoms with Gasteiger partial charge in [0.2, 0.25) is 0 Å². The number of ether oxygens (including phenoxy) is 6. The highest BCUT2D eigenvalue weighted by atomic mass is 16.6. The summed E-state index contributed by atoms with van der Waals surface area (Å²) in [5.41, 5.74) is -1.85. The number of carbonyl (C=O) groups is 6. The molecule has 0 N–H and O–H groups in total. The van der Waals surface area contributed by atoms with Gasteiger partial charge in [0.05, 0.1) is 47.3 Å². The van der Waals surface area contributed by atoms with Crippen LogP contribution in [0.4, 0.5) is 0 Å². The fourth-order valence-corrected chi connectivity index (χ4v) is 10.3. The molecule has 0 radical (unpaired) electrons. The second-order valence-corrected chi connectivity index (χ2v) is 21.7. The standard InChI is InChI=1S/C53H89NO12/c1-8-38-12-20-42(21-13-38)48(57)63-34-52(5,35-64-49(58)43-22-14-39(9-2)15-23-43)32-61-46(55)28-30-54(7)31-29-47(56)62-33-53(6,36-65-50(59)44-24-16-40(10-3)17-25-44)37-66-51(60)45-26-18-41(11-4)19-27-45/h38-45H,8-37H2,1-7H3. The molecule has 4 aliphatic carbocycles. The highest BCUT2D eigenvalue weighted by molar-refractivity contribution is 5.74. The van der Waals surface area contributed by atoms with Crippen LogP contribution in [0.3, 0.4) is 0 Å². The van der Waals surface area contributed by atoms with Gasteiger partial charge in [0.1, 0.15) is 39.6 Å². The van der Waals surface area contributed by atoms with Crippen molar-refractivity contribution in [2.45, 2.75) is 183 Å². The van der Waals surface area contributed by atoms with Crippen LogP contribution in [0.5, 0.6) is 0 Å². The lowest BCUT2D eigenvalue weighted by atomic mass is 9.81. The number of nitrogens with zero attached hydrogens (tertiary/aromatic N) is 1. The molecule has 13 heteroatoms. The molecular formula is C53H89NO12. The Morgan fingerprint density at radius 2 is 0.591 bits per heavy atom. The number of carbonyl (C=O) groups excluding carboxylic acids is 6. The quantitative estimate of drug-likeness (QED) is 0.0596. The van der Waals surface area contributed by atoms with E-state index in [1.807, 2.05) is 18.7 Å². The van der Waals surface area contributed by atoms with Crippen LogP contribution in [0.1, 0.15) is 183 Å². The molecule has 4 fully saturated rings. The predicted molar refractivity (Wildman–Crippen MR) is 252 cm³/mol. The lowest BCUT2D eigenvalue weighted by Gasteiger charge is -2.32. The van der Waals surface area contributed by atoms with E-state index in [9.17, 15) is 28.8 Å². The average molecular weight is 932 g/mol. The van der Waals surface area contributed by atoms with Crippen LogP contribution in [0, 0.1) is 58.2 Å². The maximum atomic E-state index is 13.1. The van der Waals surface area contributed by atoms with E-state index in [2.05, 4.69) is 27.7 Å². The topological polar surface area (TPSA) is 161 Å². The molecular weight excluding hydrogens is 843 g/mol. The van der Waals surface area contributed by atoms with Crippen molar-refractivity contribution in [1.82, 2.24) is 4.90 Å². The average Bonchev–Trinajstić information content (AvgIpc) is 3.35. The first kappa shape index (κ1) is 55.4. The van der Waals surface area contributed by atoms with Gasteiger partial charge in [-0.25, -0.2) is 0 Å². The Balaban J connectivity index is 1.23. The molecule has 0 atom stereocenters. The number of hydrogen-bond donors (Lipinski definition) is 0. The van der Waals surface area contributed by atoms with Gasteiger partial charge in [0.15, 0.2) is 0 Å². The summed E-state index contributed by atoms with van der Waals surface area (Å²) in [5.74, 6) is 0.0756. The Kier molecular flexibility index (Phi) is 23.8. The van der Waals surface area contributed by atoms with Gasteiger partial charge in [0.25, 0.3) is 0 Å². The summed E-state index contributed by atoms with van der Waals surface area (Å²) < 4.78 is 34.8. The third-order valence-electron chi connectivity index (χ3n) is 15.8. The summed E-state index contributed by atoms with van der Waals surface area (Å²) in [4.78, 5) is 80.6. The molecule has 0 amide bonds. The molecule has 0 unspecified atom stereocenters. The van der Waals surface area contributed by atoms with E-state index >= 15 is 0 Å². The van der Waals surface area contributed by atoms with Gasteiger partial charge >= 0.3 is 35.8 Å². The second-order valence-electron chi connectivity index (χ2n) is 21.7. The van der Waals surface area contributed by atoms with Gasteiger partial charge in [-0.05, 0) is 147 Å². The SMILES string of the molecule is CCC1CCC(C(=O)OCC(C)(COC(=O)CCN(C)CCC(=O)OCC(C)(COC(=O)C2CCC(CC)CC2)COC(=O)C2CCC(CC)CC2)COC(=O)C2CCC(CC)CC2)CC1. The third kappa shape index (κ3) is 19.0. The minimum atomic E-state index is -0.925. The van der Waals surface area contributed by atoms with E-state index in [0.717, 1.165) is 128 Å². The summed E-state index contributed by atoms with van der Waals surface area (Å²) in [7, 11) is 1.80. The maximum Gasteiger partial charge on any atom is 0.308 e. The first-order chi connectivity index (χ1) is 31.6. The second kappa shape index (κ2) is 28.3. The normalized spacial score (nSPS) is 27.6. The number of hydrogen-bond acceptors (Lipinski definition) is 13.